The van der Waals surface area contributed by atoms with Gasteiger partial charge in [0.25, 0.3) is 0 Å². The van der Waals surface area contributed by atoms with Crippen molar-refractivity contribution in [1.82, 2.24) is 9.78 Å². The first kappa shape index (κ1) is 14.9. The predicted octanol–water partition coefficient (Wildman–Crippen LogP) is 4.58. The predicted molar refractivity (Wildman–Crippen MR) is 84.9 cm³/mol. The second-order valence-corrected chi connectivity index (χ2v) is 6.37. The fourth-order valence-corrected chi connectivity index (χ4v) is 3.38. The summed E-state index contributed by atoms with van der Waals surface area (Å²) in [6.45, 7) is 0. The van der Waals surface area contributed by atoms with E-state index in [2.05, 4.69) is 5.10 Å². The minimum atomic E-state index is -0.692. The smallest absolute Gasteiger partial charge is 0.0861 e. The maximum Gasteiger partial charge on any atom is 0.0861 e. The molecule has 5 heteroatoms. The van der Waals surface area contributed by atoms with Gasteiger partial charge in [-0.15, -0.1) is 0 Å². The van der Waals surface area contributed by atoms with Crippen molar-refractivity contribution in [3.05, 3.63) is 51.8 Å². The molecule has 0 aliphatic heterocycles. The van der Waals surface area contributed by atoms with Gasteiger partial charge in [-0.1, -0.05) is 48.2 Å². The molecule has 21 heavy (non-hydrogen) atoms. The van der Waals surface area contributed by atoms with Crippen molar-refractivity contribution in [3.63, 3.8) is 0 Å². The molecular formula is C16H18Cl2N2O. The molecule has 1 saturated carbocycles. The summed E-state index contributed by atoms with van der Waals surface area (Å²) in [5.41, 5.74) is 1.53. The van der Waals surface area contributed by atoms with E-state index in [1.54, 1.807) is 18.2 Å². The highest BCUT2D eigenvalue weighted by Gasteiger charge is 2.19. The van der Waals surface area contributed by atoms with Crippen LogP contribution >= 0.6 is 23.2 Å². The van der Waals surface area contributed by atoms with Gasteiger partial charge in [0.15, 0.2) is 0 Å². The number of aliphatic hydroxyl groups is 1. The average Bonchev–Trinajstić information content (AvgIpc) is 3.12. The third kappa shape index (κ3) is 3.25. The molecule has 0 spiro atoms. The Labute approximate surface area is 134 Å². The Kier molecular flexibility index (Phi) is 4.53. The van der Waals surface area contributed by atoms with Gasteiger partial charge < -0.3 is 5.11 Å². The molecule has 0 amide bonds. The Bertz CT molecular complexity index is 620. The van der Waals surface area contributed by atoms with Gasteiger partial charge in [0.1, 0.15) is 0 Å². The summed E-state index contributed by atoms with van der Waals surface area (Å²) >= 11 is 12.1. The van der Waals surface area contributed by atoms with Crippen LogP contribution in [-0.4, -0.2) is 14.9 Å². The zero-order valence-corrected chi connectivity index (χ0v) is 13.2. The second-order valence-electron chi connectivity index (χ2n) is 5.59. The average molecular weight is 325 g/mol. The zero-order chi connectivity index (χ0) is 14.8. The third-order valence-corrected chi connectivity index (χ3v) is 4.94. The van der Waals surface area contributed by atoms with Crippen LogP contribution in [0.5, 0.6) is 0 Å². The van der Waals surface area contributed by atoms with E-state index >= 15 is 0 Å². The molecule has 1 N–H and O–H groups in total. The lowest BCUT2D eigenvalue weighted by Gasteiger charge is -2.13. The highest BCUT2D eigenvalue weighted by Crippen LogP contribution is 2.32. The van der Waals surface area contributed by atoms with Gasteiger partial charge in [-0.05, 0) is 25.0 Å². The largest absolute Gasteiger partial charge is 0.388 e. The van der Waals surface area contributed by atoms with Crippen molar-refractivity contribution in [2.75, 3.05) is 0 Å². The number of halogens is 2. The van der Waals surface area contributed by atoms with Gasteiger partial charge in [-0.2, -0.15) is 5.10 Å². The summed E-state index contributed by atoms with van der Waals surface area (Å²) in [4.78, 5) is 0. The van der Waals surface area contributed by atoms with Crippen molar-refractivity contribution in [3.8, 4) is 0 Å². The highest BCUT2D eigenvalue weighted by molar-refractivity contribution is 6.42. The lowest BCUT2D eigenvalue weighted by Crippen LogP contribution is -2.07. The molecule has 0 saturated heterocycles. The van der Waals surface area contributed by atoms with Crippen LogP contribution in [0, 0.1) is 0 Å². The first-order valence-electron chi connectivity index (χ1n) is 7.31. The van der Waals surface area contributed by atoms with Crippen LogP contribution in [0.4, 0.5) is 0 Å². The number of nitrogens with zero attached hydrogens (tertiary/aromatic N) is 2. The zero-order valence-electron chi connectivity index (χ0n) is 11.7. The van der Waals surface area contributed by atoms with Crippen LogP contribution in [-0.2, 0) is 6.42 Å². The van der Waals surface area contributed by atoms with Crippen molar-refractivity contribution in [2.45, 2.75) is 44.2 Å². The fraction of sp³-hybridized carbons (Fsp3) is 0.438. The summed E-state index contributed by atoms with van der Waals surface area (Å²) in [6, 6.07) is 7.80. The molecule has 1 aliphatic rings. The van der Waals surface area contributed by atoms with Crippen LogP contribution in [0.25, 0.3) is 0 Å². The number of hydrogen-bond donors (Lipinski definition) is 1. The monoisotopic (exact) mass is 324 g/mol. The fourth-order valence-electron chi connectivity index (χ4n) is 2.94. The van der Waals surface area contributed by atoms with E-state index in [1.807, 2.05) is 16.9 Å². The molecule has 3 nitrogen and oxygen atoms in total. The van der Waals surface area contributed by atoms with E-state index in [0.717, 1.165) is 5.69 Å². The molecule has 1 unspecified atom stereocenters. The van der Waals surface area contributed by atoms with Crippen molar-refractivity contribution in [2.24, 2.45) is 0 Å². The first-order chi connectivity index (χ1) is 10.1. The lowest BCUT2D eigenvalue weighted by atomic mass is 10.1. The molecule has 0 radical (unpaired) electrons. The van der Waals surface area contributed by atoms with Gasteiger partial charge in [0.2, 0.25) is 0 Å². The maximum atomic E-state index is 10.4. The number of rotatable bonds is 4. The minimum absolute atomic E-state index is 0.418. The highest BCUT2D eigenvalue weighted by atomic mass is 35.5. The number of hydrogen-bond acceptors (Lipinski definition) is 2. The normalized spacial score (nSPS) is 17.3. The number of aromatic nitrogens is 2. The lowest BCUT2D eigenvalue weighted by molar-refractivity contribution is 0.177. The molecule has 1 atom stereocenters. The summed E-state index contributed by atoms with van der Waals surface area (Å²) in [7, 11) is 0. The van der Waals surface area contributed by atoms with Gasteiger partial charge >= 0.3 is 0 Å². The molecule has 2 aromatic rings. The standard InChI is InChI=1S/C16H18Cl2N2O/c17-14-7-3-6-13(16(14)18)15(21)10-11-8-9-20(19-11)12-4-1-2-5-12/h3,6-9,12,15,21H,1-2,4-5,10H2. The summed E-state index contributed by atoms with van der Waals surface area (Å²) in [5, 5.41) is 15.8. The second kappa shape index (κ2) is 6.39. The summed E-state index contributed by atoms with van der Waals surface area (Å²) < 4.78 is 2.04. The third-order valence-electron chi connectivity index (χ3n) is 4.11. The van der Waals surface area contributed by atoms with Crippen LogP contribution in [0.2, 0.25) is 10.0 Å². The van der Waals surface area contributed by atoms with E-state index < -0.39 is 6.10 Å². The molecular weight excluding hydrogens is 307 g/mol. The minimum Gasteiger partial charge on any atom is -0.388 e. The van der Waals surface area contributed by atoms with E-state index in [1.165, 1.54) is 25.7 Å². The van der Waals surface area contributed by atoms with E-state index in [-0.39, 0.29) is 0 Å². The van der Waals surface area contributed by atoms with Gasteiger partial charge in [0.05, 0.1) is 27.9 Å². The Morgan fingerprint density at radius 2 is 2.00 bits per heavy atom. The van der Waals surface area contributed by atoms with Crippen molar-refractivity contribution in [1.29, 1.82) is 0 Å². The maximum absolute atomic E-state index is 10.4. The van der Waals surface area contributed by atoms with Crippen molar-refractivity contribution < 1.29 is 5.11 Å². The SMILES string of the molecule is OC(Cc1ccn(C2CCCC2)n1)c1cccc(Cl)c1Cl. The molecule has 1 aromatic carbocycles. The summed E-state index contributed by atoms with van der Waals surface area (Å²) in [6.07, 6.45) is 6.72. The van der Waals surface area contributed by atoms with E-state index in [9.17, 15) is 5.11 Å². The molecule has 1 aromatic heterocycles. The van der Waals surface area contributed by atoms with Crippen molar-refractivity contribution >= 4 is 23.2 Å². The Morgan fingerprint density at radius 3 is 2.76 bits per heavy atom. The van der Waals surface area contributed by atoms with Gasteiger partial charge in [0, 0.05) is 18.2 Å². The molecule has 1 fully saturated rings. The first-order valence-corrected chi connectivity index (χ1v) is 8.07. The Hall–Kier alpha value is -1.03. The van der Waals surface area contributed by atoms with Gasteiger partial charge in [-0.3, -0.25) is 4.68 Å². The quantitative estimate of drug-likeness (QED) is 0.893. The molecule has 3 rings (SSSR count). The van der Waals surface area contributed by atoms with Crippen LogP contribution in [0.1, 0.15) is 49.1 Å². The Morgan fingerprint density at radius 1 is 1.24 bits per heavy atom. The molecule has 1 aliphatic carbocycles. The van der Waals surface area contributed by atoms with Crippen LogP contribution in [0.15, 0.2) is 30.5 Å². The summed E-state index contributed by atoms with van der Waals surface area (Å²) in [5.74, 6) is 0. The molecule has 0 bridgehead atoms. The number of aliphatic hydroxyl groups excluding tert-OH is 1. The van der Waals surface area contributed by atoms with E-state index in [0.29, 0.717) is 28.1 Å². The van der Waals surface area contributed by atoms with Crippen LogP contribution < -0.4 is 0 Å². The van der Waals surface area contributed by atoms with Crippen LogP contribution in [0.3, 0.4) is 0 Å². The topological polar surface area (TPSA) is 38.0 Å². The number of benzene rings is 1. The molecule has 112 valence electrons. The molecule has 1 heterocycles. The Balaban J connectivity index is 1.72. The van der Waals surface area contributed by atoms with Gasteiger partial charge in [-0.25, -0.2) is 0 Å². The van der Waals surface area contributed by atoms with E-state index in [4.69, 9.17) is 23.2 Å².